The summed E-state index contributed by atoms with van der Waals surface area (Å²) in [7, 11) is -3.73. The highest BCUT2D eigenvalue weighted by molar-refractivity contribution is 7.93. The monoisotopic (exact) mass is 401 g/mol. The zero-order valence-electron chi connectivity index (χ0n) is 15.3. The van der Waals surface area contributed by atoms with E-state index in [1.165, 1.54) is 4.31 Å². The molecular formula is C20H20ClN3O2S. The Labute approximate surface area is 164 Å². The van der Waals surface area contributed by atoms with E-state index >= 15 is 0 Å². The van der Waals surface area contributed by atoms with Crippen molar-refractivity contribution in [2.24, 2.45) is 0 Å². The summed E-state index contributed by atoms with van der Waals surface area (Å²) in [5, 5.41) is 5.12. The largest absolute Gasteiger partial charge is 0.268 e. The quantitative estimate of drug-likeness (QED) is 0.658. The fraction of sp³-hybridized carbons (Fsp3) is 0.250. The standard InChI is InChI=1S/C20H20ClN3O2S/c1-13-12-16-6-4-5-7-19(16)24(13)27(25,26)20-14(2)22-23(15(20)3)18-10-8-17(21)9-11-18/h4-11,13H,12H2,1-3H3. The van der Waals surface area contributed by atoms with E-state index in [0.717, 1.165) is 16.9 Å². The zero-order valence-corrected chi connectivity index (χ0v) is 16.9. The number of fused-ring (bicyclic) bond motifs is 1. The van der Waals surface area contributed by atoms with Gasteiger partial charge in [-0.2, -0.15) is 5.10 Å². The van der Waals surface area contributed by atoms with Crippen molar-refractivity contribution in [1.29, 1.82) is 0 Å². The molecule has 0 spiro atoms. The van der Waals surface area contributed by atoms with Crippen LogP contribution in [0.4, 0.5) is 5.69 Å². The average Bonchev–Trinajstić information content (AvgIpc) is 3.11. The van der Waals surface area contributed by atoms with Crippen molar-refractivity contribution in [3.05, 3.63) is 70.5 Å². The second-order valence-corrected chi connectivity index (χ2v) is 9.06. The number of hydrogen-bond donors (Lipinski definition) is 0. The molecule has 2 aromatic carbocycles. The number of para-hydroxylation sites is 1. The van der Waals surface area contributed by atoms with Crippen LogP contribution in [-0.4, -0.2) is 24.2 Å². The van der Waals surface area contributed by atoms with Crippen molar-refractivity contribution < 1.29 is 8.42 Å². The maximum atomic E-state index is 13.6. The van der Waals surface area contributed by atoms with E-state index in [4.69, 9.17) is 11.6 Å². The summed E-state index contributed by atoms with van der Waals surface area (Å²) in [5.41, 5.74) is 3.65. The molecule has 2 heterocycles. The Morgan fingerprint density at radius 2 is 1.74 bits per heavy atom. The van der Waals surface area contributed by atoms with Crippen molar-refractivity contribution in [3.63, 3.8) is 0 Å². The van der Waals surface area contributed by atoms with Gasteiger partial charge >= 0.3 is 0 Å². The highest BCUT2D eigenvalue weighted by atomic mass is 35.5. The SMILES string of the molecule is Cc1nn(-c2ccc(Cl)cc2)c(C)c1S(=O)(=O)N1c2ccccc2CC1C. The smallest absolute Gasteiger partial charge is 0.263 e. The van der Waals surface area contributed by atoms with Crippen molar-refractivity contribution in [2.75, 3.05) is 4.31 Å². The number of aryl methyl sites for hydroxylation is 1. The molecule has 0 radical (unpaired) electrons. The molecule has 0 saturated heterocycles. The van der Waals surface area contributed by atoms with Gasteiger partial charge < -0.3 is 0 Å². The number of anilines is 1. The van der Waals surface area contributed by atoms with Gasteiger partial charge in [0.25, 0.3) is 10.0 Å². The van der Waals surface area contributed by atoms with Crippen LogP contribution in [0.25, 0.3) is 5.69 Å². The number of sulfonamides is 1. The molecule has 1 aromatic heterocycles. The predicted molar refractivity (Wildman–Crippen MR) is 107 cm³/mol. The van der Waals surface area contributed by atoms with Crippen LogP contribution in [0.5, 0.6) is 0 Å². The Bertz CT molecular complexity index is 1120. The Kier molecular flexibility index (Phi) is 4.28. The van der Waals surface area contributed by atoms with Crippen molar-refractivity contribution in [2.45, 2.75) is 38.1 Å². The molecule has 4 rings (SSSR count). The van der Waals surface area contributed by atoms with Crippen LogP contribution in [-0.2, 0) is 16.4 Å². The number of rotatable bonds is 3. The van der Waals surface area contributed by atoms with Crippen LogP contribution >= 0.6 is 11.6 Å². The first kappa shape index (κ1) is 18.1. The van der Waals surface area contributed by atoms with Gasteiger partial charge in [-0.1, -0.05) is 29.8 Å². The first-order chi connectivity index (χ1) is 12.8. The molecule has 0 saturated carbocycles. The van der Waals surface area contributed by atoms with Crippen molar-refractivity contribution >= 4 is 27.3 Å². The van der Waals surface area contributed by atoms with Gasteiger partial charge in [-0.3, -0.25) is 4.31 Å². The van der Waals surface area contributed by atoms with Gasteiger partial charge in [0.2, 0.25) is 0 Å². The molecule has 0 amide bonds. The van der Waals surface area contributed by atoms with E-state index in [1.54, 1.807) is 30.7 Å². The van der Waals surface area contributed by atoms with Gasteiger partial charge in [0.1, 0.15) is 4.90 Å². The van der Waals surface area contributed by atoms with E-state index in [2.05, 4.69) is 5.10 Å². The van der Waals surface area contributed by atoms with Gasteiger partial charge in [-0.15, -0.1) is 0 Å². The molecule has 1 atom stereocenters. The van der Waals surface area contributed by atoms with Crippen LogP contribution in [0.15, 0.2) is 53.4 Å². The fourth-order valence-corrected chi connectivity index (χ4v) is 6.02. The van der Waals surface area contributed by atoms with Gasteiger partial charge in [-0.05, 0) is 63.1 Å². The highest BCUT2D eigenvalue weighted by Gasteiger charge is 2.39. The number of hydrogen-bond acceptors (Lipinski definition) is 3. The molecule has 27 heavy (non-hydrogen) atoms. The maximum absolute atomic E-state index is 13.6. The molecule has 3 aromatic rings. The van der Waals surface area contributed by atoms with Crippen molar-refractivity contribution in [3.8, 4) is 5.69 Å². The third-order valence-corrected chi connectivity index (χ3v) is 7.39. The summed E-state index contributed by atoms with van der Waals surface area (Å²) in [6, 6.07) is 14.7. The zero-order chi connectivity index (χ0) is 19.3. The minimum absolute atomic E-state index is 0.134. The second kappa shape index (κ2) is 6.39. The molecule has 0 aliphatic carbocycles. The Balaban J connectivity index is 1.85. The minimum atomic E-state index is -3.73. The maximum Gasteiger partial charge on any atom is 0.268 e. The molecular weight excluding hydrogens is 382 g/mol. The van der Waals surface area contributed by atoms with Gasteiger partial charge in [0, 0.05) is 11.1 Å². The van der Waals surface area contributed by atoms with Crippen LogP contribution in [0.1, 0.15) is 23.9 Å². The summed E-state index contributed by atoms with van der Waals surface area (Å²) in [6.07, 6.45) is 0.707. The molecule has 1 aliphatic rings. The second-order valence-electron chi connectivity index (χ2n) is 6.87. The lowest BCUT2D eigenvalue weighted by molar-refractivity contribution is 0.583. The lowest BCUT2D eigenvalue weighted by Crippen LogP contribution is -2.36. The normalized spacial score (nSPS) is 16.6. The molecule has 140 valence electrons. The van der Waals surface area contributed by atoms with Gasteiger partial charge in [0.15, 0.2) is 0 Å². The first-order valence-electron chi connectivity index (χ1n) is 8.75. The molecule has 7 heteroatoms. The average molecular weight is 402 g/mol. The van der Waals surface area contributed by atoms with E-state index < -0.39 is 10.0 Å². The van der Waals surface area contributed by atoms with E-state index in [-0.39, 0.29) is 10.9 Å². The van der Waals surface area contributed by atoms with Crippen LogP contribution in [0, 0.1) is 13.8 Å². The number of aromatic nitrogens is 2. The molecule has 1 unspecified atom stereocenters. The van der Waals surface area contributed by atoms with Gasteiger partial charge in [0.05, 0.1) is 22.8 Å². The predicted octanol–water partition coefficient (Wildman–Crippen LogP) is 4.28. The number of halogens is 1. The van der Waals surface area contributed by atoms with E-state index in [9.17, 15) is 8.42 Å². The Morgan fingerprint density at radius 1 is 1.07 bits per heavy atom. The van der Waals surface area contributed by atoms with Crippen LogP contribution in [0.2, 0.25) is 5.02 Å². The summed E-state index contributed by atoms with van der Waals surface area (Å²) in [6.45, 7) is 5.46. The van der Waals surface area contributed by atoms with Crippen LogP contribution in [0.3, 0.4) is 0 Å². The lowest BCUT2D eigenvalue weighted by Gasteiger charge is -2.24. The highest BCUT2D eigenvalue weighted by Crippen LogP contribution is 2.38. The third-order valence-electron chi connectivity index (χ3n) is 4.96. The lowest BCUT2D eigenvalue weighted by atomic mass is 10.1. The Hall–Kier alpha value is -2.31. The number of nitrogens with zero attached hydrogens (tertiary/aromatic N) is 3. The van der Waals surface area contributed by atoms with Gasteiger partial charge in [-0.25, -0.2) is 13.1 Å². The summed E-state index contributed by atoms with van der Waals surface area (Å²) in [5.74, 6) is 0. The summed E-state index contributed by atoms with van der Waals surface area (Å²) in [4.78, 5) is 0.265. The third kappa shape index (κ3) is 2.84. The van der Waals surface area contributed by atoms with E-state index in [1.807, 2.05) is 43.3 Å². The molecule has 1 aliphatic heterocycles. The van der Waals surface area contributed by atoms with Crippen molar-refractivity contribution in [1.82, 2.24) is 9.78 Å². The Morgan fingerprint density at radius 3 is 2.44 bits per heavy atom. The first-order valence-corrected chi connectivity index (χ1v) is 10.6. The minimum Gasteiger partial charge on any atom is -0.263 e. The van der Waals surface area contributed by atoms with Crippen LogP contribution < -0.4 is 4.31 Å². The summed E-state index contributed by atoms with van der Waals surface area (Å²) < 4.78 is 30.4. The molecule has 0 N–H and O–H groups in total. The topological polar surface area (TPSA) is 55.2 Å². The summed E-state index contributed by atoms with van der Waals surface area (Å²) >= 11 is 5.97. The molecule has 0 bridgehead atoms. The molecule has 0 fully saturated rings. The van der Waals surface area contributed by atoms with E-state index in [0.29, 0.717) is 22.8 Å². The fourth-order valence-electron chi connectivity index (χ4n) is 3.84. The molecule has 5 nitrogen and oxygen atoms in total. The number of benzene rings is 2.